The average Bonchev–Trinajstić information content (AvgIpc) is 2.84. The van der Waals surface area contributed by atoms with Crippen molar-refractivity contribution in [1.29, 1.82) is 0 Å². The van der Waals surface area contributed by atoms with Gasteiger partial charge >= 0.3 is 6.03 Å². The number of aryl methyl sites for hydroxylation is 2. The summed E-state index contributed by atoms with van der Waals surface area (Å²) in [6.45, 7) is 4.10. The van der Waals surface area contributed by atoms with Crippen molar-refractivity contribution in [1.82, 2.24) is 10.3 Å². The zero-order chi connectivity index (χ0) is 24.5. The van der Waals surface area contributed by atoms with Crippen LogP contribution in [0.25, 0.3) is 0 Å². The third-order valence-corrected chi connectivity index (χ3v) is 6.96. The Balaban J connectivity index is 0.00000342. The molecule has 0 bridgehead atoms. The van der Waals surface area contributed by atoms with E-state index in [9.17, 15) is 14.4 Å². The maximum absolute atomic E-state index is 13.8. The lowest BCUT2D eigenvalue weighted by Gasteiger charge is -2.47. The van der Waals surface area contributed by atoms with E-state index >= 15 is 0 Å². The first-order valence-electron chi connectivity index (χ1n) is 11.5. The second-order valence-electron chi connectivity index (χ2n) is 9.04. The zero-order valence-corrected chi connectivity index (χ0v) is 21.0. The first kappa shape index (κ1) is 26.3. The molecule has 2 aliphatic rings. The van der Waals surface area contributed by atoms with E-state index in [1.54, 1.807) is 30.2 Å². The van der Waals surface area contributed by atoms with Gasteiger partial charge in [0.15, 0.2) is 0 Å². The summed E-state index contributed by atoms with van der Waals surface area (Å²) < 4.78 is 5.40. The summed E-state index contributed by atoms with van der Waals surface area (Å²) in [5, 5.41) is 5.94. The van der Waals surface area contributed by atoms with Gasteiger partial charge in [-0.15, -0.1) is 12.4 Å². The van der Waals surface area contributed by atoms with Crippen molar-refractivity contribution in [2.75, 3.05) is 17.7 Å². The third-order valence-electron chi connectivity index (χ3n) is 6.96. The molecule has 5 N–H and O–H groups in total. The molecule has 1 heterocycles. The van der Waals surface area contributed by atoms with Crippen LogP contribution in [0.4, 0.5) is 16.2 Å². The molecule has 4 amide bonds. The Morgan fingerprint density at radius 3 is 2.46 bits per heavy atom. The molecule has 0 unspecified atom stereocenters. The van der Waals surface area contributed by atoms with E-state index in [1.165, 1.54) is 0 Å². The van der Waals surface area contributed by atoms with Crippen LogP contribution in [0.5, 0.6) is 5.75 Å². The number of nitrogens with one attached hydrogen (secondary N) is 3. The van der Waals surface area contributed by atoms with Crippen molar-refractivity contribution < 1.29 is 19.1 Å². The van der Waals surface area contributed by atoms with Gasteiger partial charge in [-0.05, 0) is 61.6 Å². The number of hydrogen-bond acceptors (Lipinski definition) is 5. The van der Waals surface area contributed by atoms with Crippen LogP contribution in [-0.4, -0.2) is 35.4 Å². The monoisotopic (exact) mass is 501 g/mol. The zero-order valence-electron chi connectivity index (χ0n) is 20.2. The number of carbonyl (C=O) groups is 3. The van der Waals surface area contributed by atoms with E-state index < -0.39 is 11.4 Å². The Kier molecular flexibility index (Phi) is 7.92. The number of anilines is 2. The lowest BCUT2D eigenvalue weighted by atomic mass is 9.78. The molecule has 35 heavy (non-hydrogen) atoms. The first-order chi connectivity index (χ1) is 16.3. The largest absolute Gasteiger partial charge is 0.496 e. The van der Waals surface area contributed by atoms with E-state index in [1.807, 2.05) is 26.0 Å². The van der Waals surface area contributed by atoms with Crippen molar-refractivity contribution in [3.05, 3.63) is 52.6 Å². The number of carbonyl (C=O) groups excluding carboxylic acids is 3. The summed E-state index contributed by atoms with van der Waals surface area (Å²) in [5.41, 5.74) is 5.40. The van der Waals surface area contributed by atoms with Crippen LogP contribution in [0.3, 0.4) is 0 Å². The molecular weight excluding hydrogens is 470 g/mol. The highest BCUT2D eigenvalue weighted by atomic mass is 35.5. The molecule has 1 aliphatic carbocycles. The SMILES string of the molecule is COc1cc(NC(=O)C2(N3Cc4c(C)cc(C(=O)NN)cc4NC3=O)CCCCC2)ccc1C.Cl. The van der Waals surface area contributed by atoms with Gasteiger partial charge in [0.2, 0.25) is 5.91 Å². The van der Waals surface area contributed by atoms with Gasteiger partial charge in [-0.25, -0.2) is 10.6 Å². The summed E-state index contributed by atoms with van der Waals surface area (Å²) in [7, 11) is 1.59. The van der Waals surface area contributed by atoms with E-state index in [2.05, 4.69) is 16.1 Å². The highest BCUT2D eigenvalue weighted by Crippen LogP contribution is 2.40. The molecule has 0 aromatic heterocycles. The van der Waals surface area contributed by atoms with E-state index in [0.717, 1.165) is 36.0 Å². The van der Waals surface area contributed by atoms with Crippen molar-refractivity contribution >= 4 is 41.6 Å². The molecule has 0 radical (unpaired) electrons. The smallest absolute Gasteiger partial charge is 0.323 e. The Hall–Kier alpha value is -3.30. The molecule has 1 aliphatic heterocycles. The maximum Gasteiger partial charge on any atom is 0.323 e. The summed E-state index contributed by atoms with van der Waals surface area (Å²) in [5.74, 6) is 5.33. The lowest BCUT2D eigenvalue weighted by Crippen LogP contribution is -2.61. The summed E-state index contributed by atoms with van der Waals surface area (Å²) >= 11 is 0. The summed E-state index contributed by atoms with van der Waals surface area (Å²) in [4.78, 5) is 40.7. The van der Waals surface area contributed by atoms with E-state index in [4.69, 9.17) is 10.6 Å². The lowest BCUT2D eigenvalue weighted by molar-refractivity contribution is -0.128. The highest BCUT2D eigenvalue weighted by Gasteiger charge is 2.48. The number of hydrogen-bond donors (Lipinski definition) is 4. The molecule has 4 rings (SSSR count). The molecule has 1 fully saturated rings. The summed E-state index contributed by atoms with van der Waals surface area (Å²) in [6.07, 6.45) is 3.90. The number of ether oxygens (including phenoxy) is 1. The molecule has 9 nitrogen and oxygen atoms in total. The number of fused-ring (bicyclic) bond motifs is 1. The number of methoxy groups -OCH3 is 1. The Bertz CT molecular complexity index is 1150. The van der Waals surface area contributed by atoms with E-state index in [-0.39, 0.29) is 30.9 Å². The van der Waals surface area contributed by atoms with Gasteiger partial charge in [-0.2, -0.15) is 0 Å². The quantitative estimate of drug-likeness (QED) is 0.279. The fraction of sp³-hybridized carbons (Fsp3) is 0.400. The number of halogens is 1. The maximum atomic E-state index is 13.8. The van der Waals surface area contributed by atoms with Crippen LogP contribution < -0.4 is 26.6 Å². The normalized spacial score (nSPS) is 16.3. The summed E-state index contributed by atoms with van der Waals surface area (Å²) in [6, 6.07) is 8.53. The van der Waals surface area contributed by atoms with Gasteiger partial charge in [-0.3, -0.25) is 15.0 Å². The van der Waals surface area contributed by atoms with Gasteiger partial charge < -0.3 is 20.3 Å². The fourth-order valence-corrected chi connectivity index (χ4v) is 5.01. The number of nitrogens with two attached hydrogens (primary N) is 1. The molecule has 0 saturated heterocycles. The minimum Gasteiger partial charge on any atom is -0.496 e. The molecule has 0 spiro atoms. The van der Waals surface area contributed by atoms with Crippen molar-refractivity contribution in [3.63, 3.8) is 0 Å². The van der Waals surface area contributed by atoms with Gasteiger partial charge in [-0.1, -0.05) is 25.3 Å². The Morgan fingerprint density at radius 1 is 1.09 bits per heavy atom. The van der Waals surface area contributed by atoms with Gasteiger partial charge in [0.1, 0.15) is 11.3 Å². The van der Waals surface area contributed by atoms with Crippen molar-refractivity contribution in [3.8, 4) is 5.75 Å². The topological polar surface area (TPSA) is 126 Å². The van der Waals surface area contributed by atoms with Crippen LogP contribution in [-0.2, 0) is 11.3 Å². The molecule has 188 valence electrons. The molecule has 2 aromatic carbocycles. The number of hydrazine groups is 1. The minimum atomic E-state index is -0.974. The Morgan fingerprint density at radius 2 is 1.80 bits per heavy atom. The van der Waals surface area contributed by atoms with Gasteiger partial charge in [0.05, 0.1) is 13.7 Å². The van der Waals surface area contributed by atoms with Crippen LogP contribution >= 0.6 is 12.4 Å². The molecule has 0 atom stereocenters. The van der Waals surface area contributed by atoms with Crippen molar-refractivity contribution in [2.45, 2.75) is 58.0 Å². The molecule has 10 heteroatoms. The third kappa shape index (κ3) is 4.92. The second kappa shape index (κ2) is 10.5. The molecule has 1 saturated carbocycles. The number of nitrogens with zero attached hydrogens (tertiary/aromatic N) is 1. The number of benzene rings is 2. The van der Waals surface area contributed by atoms with Crippen LogP contribution in [0.2, 0.25) is 0 Å². The van der Waals surface area contributed by atoms with Crippen LogP contribution in [0, 0.1) is 13.8 Å². The second-order valence-corrected chi connectivity index (χ2v) is 9.04. The number of nitrogen functional groups attached to an aromatic ring is 1. The van der Waals surface area contributed by atoms with Gasteiger partial charge in [0.25, 0.3) is 5.91 Å². The Labute approximate surface area is 211 Å². The standard InChI is InChI=1S/C25H31N5O4.ClH/c1-15-7-8-18(13-21(15)34-3)27-23(32)25(9-5-4-6-10-25)30-14-19-16(2)11-17(22(31)29-26)12-20(19)28-24(30)33;/h7-8,11-13H,4-6,9-10,14,26H2,1-3H3,(H,27,32)(H,28,33)(H,29,31);1H. The van der Waals surface area contributed by atoms with E-state index in [0.29, 0.717) is 35.5 Å². The molecule has 2 aromatic rings. The predicted molar refractivity (Wildman–Crippen MR) is 137 cm³/mol. The average molecular weight is 502 g/mol. The van der Waals surface area contributed by atoms with Crippen LogP contribution in [0.15, 0.2) is 30.3 Å². The first-order valence-corrected chi connectivity index (χ1v) is 11.5. The van der Waals surface area contributed by atoms with Crippen LogP contribution in [0.1, 0.15) is 59.2 Å². The minimum absolute atomic E-state index is 0. The highest BCUT2D eigenvalue weighted by molar-refractivity contribution is 6.04. The molecular formula is C25H32ClN5O4. The number of amides is 4. The van der Waals surface area contributed by atoms with Crippen molar-refractivity contribution in [2.24, 2.45) is 5.84 Å². The fourth-order valence-electron chi connectivity index (χ4n) is 5.01. The predicted octanol–water partition coefficient (Wildman–Crippen LogP) is 4.03. The number of urea groups is 1. The number of rotatable bonds is 5. The van der Waals surface area contributed by atoms with Gasteiger partial charge in [0, 0.05) is 23.0 Å².